The standard InChI is InChI=1S/C21H25N5O5/c1-13-8-18(26(24-13)7-5-6-22)23-21(28)14-9-19(27)25(12-14)15-10-16(29-2)20(31-4)17(11-15)30-3/h8,10-11,14H,5,7,9,12H2,1-4H3,(H,23,28). The van der Waals surface area contributed by atoms with E-state index in [4.69, 9.17) is 19.5 Å². The van der Waals surface area contributed by atoms with Crippen LogP contribution in [0, 0.1) is 24.2 Å². The normalized spacial score (nSPS) is 15.5. The third kappa shape index (κ3) is 4.55. The van der Waals surface area contributed by atoms with Crippen LogP contribution in [0.1, 0.15) is 18.5 Å². The number of methoxy groups -OCH3 is 3. The minimum atomic E-state index is -0.536. The lowest BCUT2D eigenvalue weighted by atomic mass is 10.1. The van der Waals surface area contributed by atoms with Crippen molar-refractivity contribution in [2.45, 2.75) is 26.3 Å². The number of nitrogens with zero attached hydrogens (tertiary/aromatic N) is 4. The van der Waals surface area contributed by atoms with Crippen LogP contribution in [0.3, 0.4) is 0 Å². The number of amides is 2. The highest BCUT2D eigenvalue weighted by atomic mass is 16.5. The monoisotopic (exact) mass is 427 g/mol. The molecule has 1 fully saturated rings. The van der Waals surface area contributed by atoms with Crippen molar-refractivity contribution >= 4 is 23.3 Å². The Morgan fingerprint density at radius 3 is 2.48 bits per heavy atom. The van der Waals surface area contributed by atoms with Gasteiger partial charge in [-0.05, 0) is 6.92 Å². The van der Waals surface area contributed by atoms with Crippen LogP contribution < -0.4 is 24.4 Å². The first-order valence-electron chi connectivity index (χ1n) is 9.74. The Labute approximate surface area is 180 Å². The lowest BCUT2D eigenvalue weighted by Gasteiger charge is -2.20. The second-order valence-electron chi connectivity index (χ2n) is 7.08. The van der Waals surface area contributed by atoms with E-state index >= 15 is 0 Å². The van der Waals surface area contributed by atoms with E-state index in [0.29, 0.717) is 35.3 Å². The van der Waals surface area contributed by atoms with Gasteiger partial charge in [-0.1, -0.05) is 0 Å². The van der Waals surface area contributed by atoms with Gasteiger partial charge in [0.2, 0.25) is 17.6 Å². The zero-order valence-electron chi connectivity index (χ0n) is 18.0. The Morgan fingerprint density at radius 1 is 1.23 bits per heavy atom. The molecule has 31 heavy (non-hydrogen) atoms. The molecule has 1 aliphatic heterocycles. The molecule has 10 nitrogen and oxygen atoms in total. The zero-order valence-corrected chi connectivity index (χ0v) is 18.0. The summed E-state index contributed by atoms with van der Waals surface area (Å²) in [5.74, 6) is 0.798. The maximum Gasteiger partial charge on any atom is 0.230 e. The third-order valence-corrected chi connectivity index (χ3v) is 5.05. The van der Waals surface area contributed by atoms with Gasteiger partial charge in [0.1, 0.15) is 5.82 Å². The minimum absolute atomic E-state index is 0.0772. The van der Waals surface area contributed by atoms with Crippen LogP contribution in [0.2, 0.25) is 0 Å². The molecule has 10 heteroatoms. The van der Waals surface area contributed by atoms with E-state index in [2.05, 4.69) is 16.5 Å². The average Bonchev–Trinajstić information content (AvgIpc) is 3.32. The number of rotatable bonds is 8. The van der Waals surface area contributed by atoms with Gasteiger partial charge < -0.3 is 24.4 Å². The summed E-state index contributed by atoms with van der Waals surface area (Å²) in [4.78, 5) is 27.1. The number of aromatic nitrogens is 2. The molecule has 0 spiro atoms. The number of carbonyl (C=O) groups excluding carboxylic acids is 2. The van der Waals surface area contributed by atoms with Crippen molar-refractivity contribution < 1.29 is 23.8 Å². The summed E-state index contributed by atoms with van der Waals surface area (Å²) in [7, 11) is 4.51. The molecular formula is C21H25N5O5. The summed E-state index contributed by atoms with van der Waals surface area (Å²) in [6.45, 7) is 2.40. The molecule has 1 aliphatic rings. The Hall–Kier alpha value is -3.74. The van der Waals surface area contributed by atoms with Gasteiger partial charge in [-0.3, -0.25) is 9.59 Å². The summed E-state index contributed by atoms with van der Waals surface area (Å²) in [6, 6.07) is 7.16. The number of hydrogen-bond donors (Lipinski definition) is 1. The average molecular weight is 427 g/mol. The van der Waals surface area contributed by atoms with Crippen LogP contribution in [0.5, 0.6) is 17.2 Å². The van der Waals surface area contributed by atoms with E-state index < -0.39 is 5.92 Å². The third-order valence-electron chi connectivity index (χ3n) is 5.05. The van der Waals surface area contributed by atoms with Crippen molar-refractivity contribution in [3.8, 4) is 23.3 Å². The molecule has 3 rings (SSSR count). The summed E-state index contributed by atoms with van der Waals surface area (Å²) in [5, 5.41) is 15.9. The summed E-state index contributed by atoms with van der Waals surface area (Å²) < 4.78 is 17.6. The first-order chi connectivity index (χ1) is 14.9. The largest absolute Gasteiger partial charge is 0.493 e. The second kappa shape index (κ2) is 9.38. The van der Waals surface area contributed by atoms with E-state index in [0.717, 1.165) is 5.69 Å². The highest BCUT2D eigenvalue weighted by Crippen LogP contribution is 2.42. The smallest absolute Gasteiger partial charge is 0.230 e. The van der Waals surface area contributed by atoms with Crippen molar-refractivity contribution in [2.75, 3.05) is 38.1 Å². The van der Waals surface area contributed by atoms with Crippen LogP contribution in [0.25, 0.3) is 0 Å². The molecule has 1 N–H and O–H groups in total. The van der Waals surface area contributed by atoms with Gasteiger partial charge in [-0.25, -0.2) is 4.68 Å². The van der Waals surface area contributed by atoms with Crippen molar-refractivity contribution in [1.29, 1.82) is 5.26 Å². The van der Waals surface area contributed by atoms with Gasteiger partial charge in [0.15, 0.2) is 11.5 Å². The van der Waals surface area contributed by atoms with Crippen LogP contribution >= 0.6 is 0 Å². The number of nitrogens with one attached hydrogen (secondary N) is 1. The highest BCUT2D eigenvalue weighted by molar-refractivity contribution is 6.03. The van der Waals surface area contributed by atoms with Crippen molar-refractivity contribution in [2.24, 2.45) is 5.92 Å². The van der Waals surface area contributed by atoms with E-state index in [1.54, 1.807) is 22.9 Å². The number of hydrogen-bond acceptors (Lipinski definition) is 7. The lowest BCUT2D eigenvalue weighted by Crippen LogP contribution is -2.28. The summed E-state index contributed by atoms with van der Waals surface area (Å²) in [6.07, 6.45) is 0.356. The second-order valence-corrected chi connectivity index (χ2v) is 7.08. The number of aryl methyl sites for hydroxylation is 2. The fourth-order valence-corrected chi connectivity index (χ4v) is 3.56. The molecule has 1 unspecified atom stereocenters. The van der Waals surface area contributed by atoms with Crippen LogP contribution in [0.4, 0.5) is 11.5 Å². The van der Waals surface area contributed by atoms with Crippen molar-refractivity contribution in [3.63, 3.8) is 0 Å². The number of ether oxygens (including phenoxy) is 3. The lowest BCUT2D eigenvalue weighted by molar-refractivity contribution is -0.122. The molecule has 1 aromatic carbocycles. The number of anilines is 2. The minimum Gasteiger partial charge on any atom is -0.493 e. The highest BCUT2D eigenvalue weighted by Gasteiger charge is 2.36. The Balaban J connectivity index is 1.78. The van der Waals surface area contributed by atoms with Gasteiger partial charge in [0.05, 0.1) is 57.7 Å². The summed E-state index contributed by atoms with van der Waals surface area (Å²) in [5.41, 5.74) is 1.29. The number of nitriles is 1. The van der Waals surface area contributed by atoms with E-state index in [1.807, 2.05) is 6.92 Å². The molecule has 1 atom stereocenters. The van der Waals surface area contributed by atoms with E-state index in [9.17, 15) is 9.59 Å². The predicted octanol–water partition coefficient (Wildman–Crippen LogP) is 2.12. The van der Waals surface area contributed by atoms with Gasteiger partial charge in [0.25, 0.3) is 0 Å². The number of carbonyl (C=O) groups is 2. The zero-order chi connectivity index (χ0) is 22.5. The fraction of sp³-hybridized carbons (Fsp3) is 0.429. The predicted molar refractivity (Wildman–Crippen MR) is 112 cm³/mol. The van der Waals surface area contributed by atoms with Crippen molar-refractivity contribution in [1.82, 2.24) is 9.78 Å². The Morgan fingerprint density at radius 2 is 1.90 bits per heavy atom. The van der Waals surface area contributed by atoms with Crippen LogP contribution in [0.15, 0.2) is 18.2 Å². The van der Waals surface area contributed by atoms with Crippen molar-refractivity contribution in [3.05, 3.63) is 23.9 Å². The molecular weight excluding hydrogens is 402 g/mol. The van der Waals surface area contributed by atoms with E-state index in [-0.39, 0.29) is 31.2 Å². The van der Waals surface area contributed by atoms with Crippen LogP contribution in [-0.4, -0.2) is 49.5 Å². The SMILES string of the molecule is COc1cc(N2CC(C(=O)Nc3cc(C)nn3CCC#N)CC2=O)cc(OC)c1OC. The molecule has 2 heterocycles. The van der Waals surface area contributed by atoms with Crippen LogP contribution in [-0.2, 0) is 16.1 Å². The Kier molecular flexibility index (Phi) is 6.65. The van der Waals surface area contributed by atoms with Gasteiger partial charge in [-0.2, -0.15) is 10.4 Å². The molecule has 1 saturated heterocycles. The molecule has 164 valence electrons. The molecule has 0 bridgehead atoms. The number of benzene rings is 1. The molecule has 0 saturated carbocycles. The first-order valence-corrected chi connectivity index (χ1v) is 9.74. The molecule has 2 amide bonds. The molecule has 0 aliphatic carbocycles. The van der Waals surface area contributed by atoms with Gasteiger partial charge in [-0.15, -0.1) is 0 Å². The van der Waals surface area contributed by atoms with E-state index in [1.165, 1.54) is 26.2 Å². The van der Waals surface area contributed by atoms with Gasteiger partial charge in [0, 0.05) is 31.2 Å². The Bertz CT molecular complexity index is 1000. The maximum absolute atomic E-state index is 12.9. The quantitative estimate of drug-likeness (QED) is 0.685. The van der Waals surface area contributed by atoms with Gasteiger partial charge >= 0.3 is 0 Å². The molecule has 1 aromatic heterocycles. The fourth-order valence-electron chi connectivity index (χ4n) is 3.56. The first kappa shape index (κ1) is 22.0. The topological polar surface area (TPSA) is 119 Å². The molecule has 2 aromatic rings. The summed E-state index contributed by atoms with van der Waals surface area (Å²) >= 11 is 0. The molecule has 0 radical (unpaired) electrons. The maximum atomic E-state index is 12.9.